The van der Waals surface area contributed by atoms with Crippen molar-refractivity contribution in [3.05, 3.63) is 34.3 Å². The van der Waals surface area contributed by atoms with Crippen LogP contribution in [-0.4, -0.2) is 60.4 Å². The molecule has 2 amide bonds. The highest BCUT2D eigenvalue weighted by Gasteiger charge is 2.43. The second kappa shape index (κ2) is 7.64. The third kappa shape index (κ3) is 3.57. The Morgan fingerprint density at radius 1 is 1.08 bits per heavy atom. The minimum atomic E-state index is -0.284. The molecule has 3 aliphatic heterocycles. The molecule has 3 atom stereocenters. The Kier molecular flexibility index (Phi) is 5.71. The minimum absolute atomic E-state index is 0. The number of hydrogen-bond donors (Lipinski definition) is 1. The summed E-state index contributed by atoms with van der Waals surface area (Å²) in [5.41, 5.74) is 0.653. The van der Waals surface area contributed by atoms with Gasteiger partial charge in [0.05, 0.1) is 0 Å². The fourth-order valence-corrected chi connectivity index (χ4v) is 4.54. The van der Waals surface area contributed by atoms with E-state index in [-0.39, 0.29) is 30.3 Å². The van der Waals surface area contributed by atoms with Crippen LogP contribution in [0, 0.1) is 11.8 Å². The van der Waals surface area contributed by atoms with Crippen LogP contribution in [0.15, 0.2) is 28.7 Å². The highest BCUT2D eigenvalue weighted by Crippen LogP contribution is 2.29. The normalized spacial score (nSPS) is 28.0. The topological polar surface area (TPSA) is 52.7 Å². The number of likely N-dealkylation sites (tertiary alicyclic amines) is 2. The molecule has 0 spiro atoms. The van der Waals surface area contributed by atoms with Gasteiger partial charge in [0.2, 0.25) is 5.91 Å². The van der Waals surface area contributed by atoms with E-state index in [1.807, 2.05) is 29.2 Å². The number of rotatable bonds is 2. The summed E-state index contributed by atoms with van der Waals surface area (Å²) in [7, 11) is 0. The average Bonchev–Trinajstić information content (AvgIpc) is 3.29. The van der Waals surface area contributed by atoms with E-state index in [1.165, 1.54) is 0 Å². The molecule has 7 heteroatoms. The maximum Gasteiger partial charge on any atom is 0.254 e. The van der Waals surface area contributed by atoms with Crippen LogP contribution in [-0.2, 0) is 4.79 Å². The zero-order chi connectivity index (χ0) is 16.7. The third-order valence-electron chi connectivity index (χ3n) is 5.59. The van der Waals surface area contributed by atoms with Gasteiger partial charge in [-0.25, -0.2) is 0 Å². The lowest BCUT2D eigenvalue weighted by atomic mass is 10.0. The minimum Gasteiger partial charge on any atom is -0.340 e. The first kappa shape index (κ1) is 18.7. The van der Waals surface area contributed by atoms with Crippen molar-refractivity contribution in [2.45, 2.75) is 18.9 Å². The van der Waals surface area contributed by atoms with Gasteiger partial charge < -0.3 is 15.1 Å². The Bertz CT molecular complexity index is 642. The number of nitrogens with one attached hydrogen (secondary N) is 1. The van der Waals surface area contributed by atoms with Crippen molar-refractivity contribution in [2.24, 2.45) is 11.8 Å². The predicted octanol–water partition coefficient (Wildman–Crippen LogP) is 2.15. The van der Waals surface area contributed by atoms with Gasteiger partial charge in [0.1, 0.15) is 6.04 Å². The molecule has 0 aliphatic carbocycles. The Morgan fingerprint density at radius 3 is 2.36 bits per heavy atom. The molecule has 1 unspecified atom stereocenters. The SMILES string of the molecule is Cl.O=C(C1CCCN1C(=O)c1ccc(Br)cc1)N1C[C@H]2CNC[C@H]2C1. The van der Waals surface area contributed by atoms with E-state index in [0.717, 1.165) is 43.5 Å². The van der Waals surface area contributed by atoms with Gasteiger partial charge in [-0.2, -0.15) is 0 Å². The maximum atomic E-state index is 13.0. The number of amides is 2. The van der Waals surface area contributed by atoms with Gasteiger partial charge in [-0.15, -0.1) is 12.4 Å². The van der Waals surface area contributed by atoms with Crippen molar-refractivity contribution < 1.29 is 9.59 Å². The molecule has 3 fully saturated rings. The third-order valence-corrected chi connectivity index (χ3v) is 6.12. The van der Waals surface area contributed by atoms with E-state index in [9.17, 15) is 9.59 Å². The molecule has 5 nitrogen and oxygen atoms in total. The maximum absolute atomic E-state index is 13.0. The van der Waals surface area contributed by atoms with Crippen LogP contribution in [0.1, 0.15) is 23.2 Å². The first-order valence-electron chi connectivity index (χ1n) is 8.69. The fraction of sp³-hybridized carbons (Fsp3) is 0.556. The van der Waals surface area contributed by atoms with E-state index in [4.69, 9.17) is 0 Å². The van der Waals surface area contributed by atoms with Crippen LogP contribution in [0.3, 0.4) is 0 Å². The number of carbonyl (C=O) groups excluding carboxylic acids is 2. The van der Waals surface area contributed by atoms with Crippen molar-refractivity contribution in [3.8, 4) is 0 Å². The first-order chi connectivity index (χ1) is 11.6. The van der Waals surface area contributed by atoms with E-state index >= 15 is 0 Å². The zero-order valence-electron chi connectivity index (χ0n) is 14.0. The summed E-state index contributed by atoms with van der Waals surface area (Å²) >= 11 is 3.39. The van der Waals surface area contributed by atoms with Gasteiger partial charge >= 0.3 is 0 Å². The lowest BCUT2D eigenvalue weighted by Gasteiger charge is -2.28. The van der Waals surface area contributed by atoms with Gasteiger partial charge in [0.15, 0.2) is 0 Å². The van der Waals surface area contributed by atoms with E-state index in [1.54, 1.807) is 4.90 Å². The van der Waals surface area contributed by atoms with E-state index in [2.05, 4.69) is 21.2 Å². The number of fused-ring (bicyclic) bond motifs is 1. The lowest BCUT2D eigenvalue weighted by Crippen LogP contribution is -2.47. The Morgan fingerprint density at radius 2 is 1.72 bits per heavy atom. The van der Waals surface area contributed by atoms with Crippen LogP contribution in [0.2, 0.25) is 0 Å². The summed E-state index contributed by atoms with van der Waals surface area (Å²) < 4.78 is 0.949. The van der Waals surface area contributed by atoms with Crippen molar-refractivity contribution in [1.29, 1.82) is 0 Å². The summed E-state index contributed by atoms with van der Waals surface area (Å²) in [5.74, 6) is 1.30. The number of hydrogen-bond acceptors (Lipinski definition) is 3. The molecule has 25 heavy (non-hydrogen) atoms. The summed E-state index contributed by atoms with van der Waals surface area (Å²) in [6, 6.07) is 7.09. The largest absolute Gasteiger partial charge is 0.340 e. The fourth-order valence-electron chi connectivity index (χ4n) is 4.27. The van der Waals surface area contributed by atoms with E-state index in [0.29, 0.717) is 23.9 Å². The molecule has 3 aliphatic rings. The number of halogens is 2. The molecular formula is C18H23BrClN3O2. The number of carbonyl (C=O) groups is 2. The van der Waals surface area contributed by atoms with Crippen LogP contribution < -0.4 is 5.32 Å². The predicted molar refractivity (Wildman–Crippen MR) is 102 cm³/mol. The Balaban J connectivity index is 0.00000182. The second-order valence-corrected chi connectivity index (χ2v) is 8.00. The Labute approximate surface area is 162 Å². The standard InChI is InChI=1S/C18H22BrN3O2.ClH/c19-15-5-3-12(4-6-15)17(23)22-7-1-2-16(22)18(24)21-10-13-8-20-9-14(13)11-21;/h3-6,13-14,16,20H,1-2,7-11H2;1H/t13-,14+,16?;. The van der Waals surface area contributed by atoms with E-state index < -0.39 is 0 Å². The summed E-state index contributed by atoms with van der Waals surface area (Å²) in [6.07, 6.45) is 1.69. The molecule has 1 N–H and O–H groups in total. The Hall–Kier alpha value is -1.11. The number of nitrogens with zero attached hydrogens (tertiary/aromatic N) is 2. The quantitative estimate of drug-likeness (QED) is 0.785. The van der Waals surface area contributed by atoms with Crippen LogP contribution >= 0.6 is 28.3 Å². The molecule has 3 saturated heterocycles. The van der Waals surface area contributed by atoms with Gasteiger partial charge in [-0.1, -0.05) is 15.9 Å². The second-order valence-electron chi connectivity index (χ2n) is 7.09. The summed E-state index contributed by atoms with van der Waals surface area (Å²) in [6.45, 7) is 4.38. The monoisotopic (exact) mass is 427 g/mol. The van der Waals surface area contributed by atoms with Crippen molar-refractivity contribution >= 4 is 40.2 Å². The molecule has 4 rings (SSSR count). The highest BCUT2D eigenvalue weighted by molar-refractivity contribution is 9.10. The van der Waals surface area contributed by atoms with Gasteiger partial charge in [0, 0.05) is 42.8 Å². The van der Waals surface area contributed by atoms with Crippen LogP contribution in [0.5, 0.6) is 0 Å². The molecule has 1 aromatic rings. The summed E-state index contributed by atoms with van der Waals surface area (Å²) in [5, 5.41) is 3.40. The van der Waals surface area contributed by atoms with Crippen LogP contribution in [0.4, 0.5) is 0 Å². The van der Waals surface area contributed by atoms with Crippen molar-refractivity contribution in [3.63, 3.8) is 0 Å². The van der Waals surface area contributed by atoms with Gasteiger partial charge in [-0.3, -0.25) is 9.59 Å². The van der Waals surface area contributed by atoms with Crippen molar-refractivity contribution in [2.75, 3.05) is 32.7 Å². The molecule has 0 saturated carbocycles. The molecular weight excluding hydrogens is 406 g/mol. The zero-order valence-corrected chi connectivity index (χ0v) is 16.4. The lowest BCUT2D eigenvalue weighted by molar-refractivity contribution is -0.134. The molecule has 0 aromatic heterocycles. The smallest absolute Gasteiger partial charge is 0.254 e. The summed E-state index contributed by atoms with van der Waals surface area (Å²) in [4.78, 5) is 29.6. The number of benzene rings is 1. The van der Waals surface area contributed by atoms with Crippen molar-refractivity contribution in [1.82, 2.24) is 15.1 Å². The van der Waals surface area contributed by atoms with Crippen LogP contribution in [0.25, 0.3) is 0 Å². The highest BCUT2D eigenvalue weighted by atomic mass is 79.9. The molecule has 136 valence electrons. The first-order valence-corrected chi connectivity index (χ1v) is 9.49. The molecule has 1 aromatic carbocycles. The van der Waals surface area contributed by atoms with Gasteiger partial charge in [0.25, 0.3) is 5.91 Å². The van der Waals surface area contributed by atoms with Gasteiger partial charge in [-0.05, 0) is 48.9 Å². The molecule has 3 heterocycles. The average molecular weight is 429 g/mol. The molecule has 0 radical (unpaired) electrons. The molecule has 0 bridgehead atoms.